The van der Waals surface area contributed by atoms with Crippen molar-refractivity contribution in [3.05, 3.63) is 41.5 Å². The first kappa shape index (κ1) is 16.1. The van der Waals surface area contributed by atoms with Crippen LogP contribution < -0.4 is 10.1 Å². The van der Waals surface area contributed by atoms with Crippen LogP contribution in [0.4, 0.5) is 0 Å². The van der Waals surface area contributed by atoms with Crippen molar-refractivity contribution in [1.82, 2.24) is 14.7 Å². The van der Waals surface area contributed by atoms with Crippen LogP contribution in [0.1, 0.15) is 16.9 Å². The number of ether oxygens (including phenoxy) is 2. The Morgan fingerprint density at radius 3 is 3.16 bits per heavy atom. The quantitative estimate of drug-likeness (QED) is 0.763. The fourth-order valence-corrected chi connectivity index (χ4v) is 3.86. The van der Waals surface area contributed by atoms with Crippen LogP contribution in [0.3, 0.4) is 0 Å². The van der Waals surface area contributed by atoms with Crippen LogP contribution in [0.25, 0.3) is 16.2 Å². The summed E-state index contributed by atoms with van der Waals surface area (Å²) in [6, 6.07) is 7.74. The molecular formula is C18H19N3O3S. The van der Waals surface area contributed by atoms with Gasteiger partial charge < -0.3 is 14.8 Å². The first-order valence-corrected chi connectivity index (χ1v) is 9.10. The minimum absolute atomic E-state index is 0.0814. The molecule has 1 atom stereocenters. The number of nitrogens with one attached hydrogen (secondary N) is 1. The summed E-state index contributed by atoms with van der Waals surface area (Å²) in [5.74, 6) is 1.09. The maximum absolute atomic E-state index is 12.5. The molecule has 4 rings (SSSR count). The van der Waals surface area contributed by atoms with Gasteiger partial charge in [-0.05, 0) is 18.6 Å². The Labute approximate surface area is 149 Å². The standard InChI is InChI=1S/C18H19N3O3S/c1-23-16-5-3-2-4-13(16)14-9-21-15(11-25-18(21)20-14)17(22)19-8-12-6-7-24-10-12/h2-5,9,11-12H,6-8,10H2,1H3,(H,19,22). The number of hydrogen-bond acceptors (Lipinski definition) is 5. The third-order valence-electron chi connectivity index (χ3n) is 4.40. The van der Waals surface area contributed by atoms with E-state index in [1.165, 1.54) is 11.3 Å². The van der Waals surface area contributed by atoms with E-state index in [-0.39, 0.29) is 5.91 Å². The summed E-state index contributed by atoms with van der Waals surface area (Å²) in [7, 11) is 1.64. The lowest BCUT2D eigenvalue weighted by molar-refractivity contribution is 0.0939. The average Bonchev–Trinajstić information content (AvgIpc) is 3.36. The first-order chi connectivity index (χ1) is 12.3. The number of para-hydroxylation sites is 1. The Bertz CT molecular complexity index is 896. The summed E-state index contributed by atoms with van der Waals surface area (Å²) >= 11 is 1.45. The minimum Gasteiger partial charge on any atom is -0.496 e. The molecule has 1 aliphatic rings. The van der Waals surface area contributed by atoms with E-state index in [1.807, 2.05) is 40.2 Å². The van der Waals surface area contributed by atoms with Gasteiger partial charge in [0, 0.05) is 36.2 Å². The fourth-order valence-electron chi connectivity index (χ4n) is 3.01. The lowest BCUT2D eigenvalue weighted by Crippen LogP contribution is -2.30. The predicted molar refractivity (Wildman–Crippen MR) is 96.3 cm³/mol. The number of rotatable bonds is 5. The summed E-state index contributed by atoms with van der Waals surface area (Å²) in [6.45, 7) is 2.15. The Morgan fingerprint density at radius 1 is 1.48 bits per heavy atom. The highest BCUT2D eigenvalue weighted by Crippen LogP contribution is 2.30. The number of benzene rings is 1. The van der Waals surface area contributed by atoms with Gasteiger partial charge in [-0.1, -0.05) is 12.1 Å². The van der Waals surface area contributed by atoms with E-state index in [2.05, 4.69) is 10.3 Å². The van der Waals surface area contributed by atoms with Gasteiger partial charge in [0.1, 0.15) is 11.4 Å². The lowest BCUT2D eigenvalue weighted by Gasteiger charge is -2.08. The molecular weight excluding hydrogens is 338 g/mol. The maximum atomic E-state index is 12.5. The minimum atomic E-state index is -0.0814. The van der Waals surface area contributed by atoms with Gasteiger partial charge in [0.25, 0.3) is 5.91 Å². The largest absolute Gasteiger partial charge is 0.496 e. The van der Waals surface area contributed by atoms with Crippen molar-refractivity contribution in [3.8, 4) is 17.0 Å². The van der Waals surface area contributed by atoms with Crippen molar-refractivity contribution >= 4 is 22.2 Å². The Morgan fingerprint density at radius 2 is 2.36 bits per heavy atom. The van der Waals surface area contributed by atoms with Gasteiger partial charge in [-0.3, -0.25) is 9.20 Å². The number of imidazole rings is 1. The molecule has 1 saturated heterocycles. The molecule has 1 aliphatic heterocycles. The Kier molecular flexibility index (Phi) is 4.42. The van der Waals surface area contributed by atoms with Gasteiger partial charge in [-0.15, -0.1) is 11.3 Å². The van der Waals surface area contributed by atoms with Gasteiger partial charge in [-0.2, -0.15) is 0 Å². The summed E-state index contributed by atoms with van der Waals surface area (Å²) in [5.41, 5.74) is 2.31. The van der Waals surface area contributed by atoms with E-state index in [9.17, 15) is 4.79 Å². The summed E-state index contributed by atoms with van der Waals surface area (Å²) in [6.07, 6.45) is 2.89. The van der Waals surface area contributed by atoms with Gasteiger partial charge >= 0.3 is 0 Å². The molecule has 7 heteroatoms. The second kappa shape index (κ2) is 6.85. The van der Waals surface area contributed by atoms with Crippen LogP contribution in [0.2, 0.25) is 0 Å². The maximum Gasteiger partial charge on any atom is 0.269 e. The van der Waals surface area contributed by atoms with Crippen LogP contribution in [0, 0.1) is 5.92 Å². The highest BCUT2D eigenvalue weighted by atomic mass is 32.1. The van der Waals surface area contributed by atoms with E-state index in [4.69, 9.17) is 9.47 Å². The normalized spacial score (nSPS) is 17.1. The molecule has 0 radical (unpaired) electrons. The molecule has 6 nitrogen and oxygen atoms in total. The first-order valence-electron chi connectivity index (χ1n) is 8.22. The molecule has 0 aliphatic carbocycles. The highest BCUT2D eigenvalue weighted by Gasteiger charge is 2.19. The molecule has 3 aromatic rings. The van der Waals surface area contributed by atoms with Crippen LogP contribution in [0.15, 0.2) is 35.8 Å². The van der Waals surface area contributed by atoms with E-state index in [0.29, 0.717) is 18.2 Å². The molecule has 0 saturated carbocycles. The molecule has 1 amide bonds. The number of methoxy groups -OCH3 is 1. The van der Waals surface area contributed by atoms with Gasteiger partial charge in [-0.25, -0.2) is 4.98 Å². The van der Waals surface area contributed by atoms with Crippen LogP contribution in [0.5, 0.6) is 5.75 Å². The number of carbonyl (C=O) groups is 1. The number of hydrogen-bond donors (Lipinski definition) is 1. The summed E-state index contributed by atoms with van der Waals surface area (Å²) < 4.78 is 12.6. The van der Waals surface area contributed by atoms with Gasteiger partial charge in [0.05, 0.1) is 19.4 Å². The Hall–Kier alpha value is -2.38. The molecule has 25 heavy (non-hydrogen) atoms. The molecule has 1 aromatic carbocycles. The molecule has 3 heterocycles. The molecule has 130 valence electrons. The predicted octanol–water partition coefficient (Wildman–Crippen LogP) is 2.84. The number of aromatic nitrogens is 2. The lowest BCUT2D eigenvalue weighted by atomic mass is 10.1. The van der Waals surface area contributed by atoms with Crippen LogP contribution in [-0.2, 0) is 4.74 Å². The monoisotopic (exact) mass is 357 g/mol. The zero-order valence-electron chi connectivity index (χ0n) is 13.9. The highest BCUT2D eigenvalue weighted by molar-refractivity contribution is 7.15. The van der Waals surface area contributed by atoms with Gasteiger partial charge in [0.15, 0.2) is 4.96 Å². The van der Waals surface area contributed by atoms with Crippen molar-refractivity contribution in [2.24, 2.45) is 5.92 Å². The second-order valence-corrected chi connectivity index (χ2v) is 6.88. The zero-order chi connectivity index (χ0) is 17.2. The smallest absolute Gasteiger partial charge is 0.269 e. The molecule has 0 bridgehead atoms. The second-order valence-electron chi connectivity index (χ2n) is 6.04. The Balaban J connectivity index is 1.58. The van der Waals surface area contributed by atoms with Gasteiger partial charge in [0.2, 0.25) is 0 Å². The third-order valence-corrected chi connectivity index (χ3v) is 5.24. The molecule has 1 unspecified atom stereocenters. The fraction of sp³-hybridized carbons (Fsp3) is 0.333. The third kappa shape index (κ3) is 3.12. The number of carbonyl (C=O) groups excluding carboxylic acids is 1. The van der Waals surface area contributed by atoms with E-state index < -0.39 is 0 Å². The topological polar surface area (TPSA) is 64.9 Å². The van der Waals surface area contributed by atoms with Crippen LogP contribution in [-0.4, -0.2) is 42.2 Å². The zero-order valence-corrected chi connectivity index (χ0v) is 14.7. The van der Waals surface area contributed by atoms with E-state index in [0.717, 1.165) is 41.6 Å². The van der Waals surface area contributed by atoms with Crippen LogP contribution >= 0.6 is 11.3 Å². The molecule has 1 N–H and O–H groups in total. The summed E-state index contributed by atoms with van der Waals surface area (Å²) in [4.78, 5) is 17.9. The average molecular weight is 357 g/mol. The van der Waals surface area contributed by atoms with Crippen molar-refractivity contribution in [1.29, 1.82) is 0 Å². The SMILES string of the molecule is COc1ccccc1-c1cn2c(C(=O)NCC3CCOC3)csc2n1. The molecule has 0 spiro atoms. The molecule has 2 aromatic heterocycles. The van der Waals surface area contributed by atoms with E-state index in [1.54, 1.807) is 7.11 Å². The van der Waals surface area contributed by atoms with Crippen molar-refractivity contribution in [3.63, 3.8) is 0 Å². The molecule has 1 fully saturated rings. The number of thiazole rings is 1. The summed E-state index contributed by atoms with van der Waals surface area (Å²) in [5, 5.41) is 4.85. The van der Waals surface area contributed by atoms with Crippen molar-refractivity contribution in [2.75, 3.05) is 26.9 Å². The van der Waals surface area contributed by atoms with Crippen molar-refractivity contribution < 1.29 is 14.3 Å². The van der Waals surface area contributed by atoms with Crippen molar-refractivity contribution in [2.45, 2.75) is 6.42 Å². The van der Waals surface area contributed by atoms with E-state index >= 15 is 0 Å². The number of amides is 1. The number of fused-ring (bicyclic) bond motifs is 1. The number of nitrogens with zero attached hydrogens (tertiary/aromatic N) is 2.